The summed E-state index contributed by atoms with van der Waals surface area (Å²) in [5.41, 5.74) is 5.29. The number of carbonyl (C=O) groups excluding carboxylic acids is 1. The van der Waals surface area contributed by atoms with Crippen LogP contribution in [0.1, 0.15) is 17.8 Å². The third-order valence-corrected chi connectivity index (χ3v) is 3.18. The Morgan fingerprint density at radius 1 is 1.68 bits per heavy atom. The van der Waals surface area contributed by atoms with Crippen LogP contribution in [0.3, 0.4) is 0 Å². The van der Waals surface area contributed by atoms with Gasteiger partial charge in [0.15, 0.2) is 5.13 Å². The fraction of sp³-hybridized carbons (Fsp3) is 0.250. The van der Waals surface area contributed by atoms with Gasteiger partial charge in [-0.3, -0.25) is 9.48 Å². The minimum absolute atomic E-state index is 0.170. The Hall–Kier alpha value is -2.17. The van der Waals surface area contributed by atoms with Crippen LogP contribution in [0.15, 0.2) is 24.7 Å². The standard InChI is InChI=1S/C12H13N5OS/c1-9(17-7-3-6-15-17)11(18)16-12-14-8-10(19-12)4-2-5-13/h3,6-9H,5,13H2,1H3,(H,14,16,18). The quantitative estimate of drug-likeness (QED) is 0.813. The van der Waals surface area contributed by atoms with Crippen molar-refractivity contribution in [1.29, 1.82) is 0 Å². The molecule has 0 aliphatic heterocycles. The lowest BCUT2D eigenvalue weighted by molar-refractivity contribution is -0.119. The second kappa shape index (κ2) is 6.13. The Morgan fingerprint density at radius 2 is 2.53 bits per heavy atom. The lowest BCUT2D eigenvalue weighted by Gasteiger charge is -2.10. The third-order valence-electron chi connectivity index (χ3n) is 2.35. The first-order valence-electron chi connectivity index (χ1n) is 5.65. The molecule has 0 aliphatic rings. The zero-order valence-corrected chi connectivity index (χ0v) is 11.1. The molecule has 0 fully saturated rings. The number of rotatable bonds is 3. The number of nitrogens with two attached hydrogens (primary N) is 1. The highest BCUT2D eigenvalue weighted by Crippen LogP contribution is 2.18. The van der Waals surface area contributed by atoms with Crippen LogP contribution in [0.25, 0.3) is 0 Å². The van der Waals surface area contributed by atoms with E-state index in [-0.39, 0.29) is 5.91 Å². The Balaban J connectivity index is 2.01. The van der Waals surface area contributed by atoms with Gasteiger partial charge in [-0.1, -0.05) is 23.2 Å². The van der Waals surface area contributed by atoms with Crippen LogP contribution in [0.2, 0.25) is 0 Å². The zero-order valence-electron chi connectivity index (χ0n) is 10.3. The van der Waals surface area contributed by atoms with Gasteiger partial charge in [-0.05, 0) is 13.0 Å². The van der Waals surface area contributed by atoms with E-state index in [1.807, 2.05) is 0 Å². The van der Waals surface area contributed by atoms with Gasteiger partial charge >= 0.3 is 0 Å². The first-order valence-corrected chi connectivity index (χ1v) is 6.47. The van der Waals surface area contributed by atoms with Gasteiger partial charge in [0, 0.05) is 12.4 Å². The van der Waals surface area contributed by atoms with Crippen molar-refractivity contribution < 1.29 is 4.79 Å². The van der Waals surface area contributed by atoms with E-state index in [9.17, 15) is 4.79 Å². The van der Waals surface area contributed by atoms with Gasteiger partial charge in [0.05, 0.1) is 17.6 Å². The smallest absolute Gasteiger partial charge is 0.250 e. The lowest BCUT2D eigenvalue weighted by Crippen LogP contribution is -2.23. The fourth-order valence-electron chi connectivity index (χ4n) is 1.37. The van der Waals surface area contributed by atoms with E-state index >= 15 is 0 Å². The van der Waals surface area contributed by atoms with Crippen LogP contribution in [0, 0.1) is 11.8 Å². The highest BCUT2D eigenvalue weighted by molar-refractivity contribution is 7.16. The molecular weight excluding hydrogens is 262 g/mol. The van der Waals surface area contributed by atoms with Gasteiger partial charge in [0.1, 0.15) is 6.04 Å². The Bertz CT molecular complexity index is 608. The molecule has 6 nitrogen and oxygen atoms in total. The van der Waals surface area contributed by atoms with E-state index in [1.165, 1.54) is 11.3 Å². The molecule has 7 heteroatoms. The average Bonchev–Trinajstić information content (AvgIpc) is 3.06. The summed E-state index contributed by atoms with van der Waals surface area (Å²) in [7, 11) is 0. The van der Waals surface area contributed by atoms with Crippen molar-refractivity contribution in [3.63, 3.8) is 0 Å². The maximum atomic E-state index is 12.0. The average molecular weight is 275 g/mol. The zero-order chi connectivity index (χ0) is 13.7. The van der Waals surface area contributed by atoms with Crippen LogP contribution in [0.4, 0.5) is 5.13 Å². The number of aromatic nitrogens is 3. The normalized spacial score (nSPS) is 11.5. The summed E-state index contributed by atoms with van der Waals surface area (Å²) in [6, 6.07) is 1.38. The molecule has 2 rings (SSSR count). The summed E-state index contributed by atoms with van der Waals surface area (Å²) in [5.74, 6) is 5.43. The predicted octanol–water partition coefficient (Wildman–Crippen LogP) is 0.849. The molecule has 0 radical (unpaired) electrons. The predicted molar refractivity (Wildman–Crippen MR) is 73.6 cm³/mol. The number of thiazole rings is 1. The number of anilines is 1. The van der Waals surface area contributed by atoms with E-state index in [0.717, 1.165) is 4.88 Å². The van der Waals surface area contributed by atoms with Crippen molar-refractivity contribution in [2.75, 3.05) is 11.9 Å². The van der Waals surface area contributed by atoms with Gasteiger partial charge in [-0.15, -0.1) is 0 Å². The summed E-state index contributed by atoms with van der Waals surface area (Å²) >= 11 is 1.31. The number of hydrogen-bond acceptors (Lipinski definition) is 5. The Kier molecular flexibility index (Phi) is 4.28. The van der Waals surface area contributed by atoms with Crippen molar-refractivity contribution in [2.24, 2.45) is 5.73 Å². The van der Waals surface area contributed by atoms with E-state index in [0.29, 0.717) is 11.7 Å². The Morgan fingerprint density at radius 3 is 3.21 bits per heavy atom. The summed E-state index contributed by atoms with van der Waals surface area (Å²) < 4.78 is 1.58. The van der Waals surface area contributed by atoms with Gasteiger partial charge in [0.25, 0.3) is 5.91 Å². The molecule has 2 aromatic rings. The molecule has 0 spiro atoms. The Labute approximate surface area is 114 Å². The van der Waals surface area contributed by atoms with Crippen LogP contribution in [-0.2, 0) is 4.79 Å². The molecule has 1 amide bonds. The van der Waals surface area contributed by atoms with E-state index in [4.69, 9.17) is 5.73 Å². The molecule has 0 aliphatic carbocycles. The first kappa shape index (κ1) is 13.3. The van der Waals surface area contributed by atoms with Crippen molar-refractivity contribution in [2.45, 2.75) is 13.0 Å². The van der Waals surface area contributed by atoms with Crippen LogP contribution >= 0.6 is 11.3 Å². The highest BCUT2D eigenvalue weighted by atomic mass is 32.1. The van der Waals surface area contributed by atoms with Crippen molar-refractivity contribution in [3.8, 4) is 11.8 Å². The fourth-order valence-corrected chi connectivity index (χ4v) is 2.06. The molecule has 0 aromatic carbocycles. The number of nitrogens with one attached hydrogen (secondary N) is 1. The number of carbonyl (C=O) groups is 1. The molecule has 0 bridgehead atoms. The summed E-state index contributed by atoms with van der Waals surface area (Å²) in [4.78, 5) is 16.8. The summed E-state index contributed by atoms with van der Waals surface area (Å²) in [6.07, 6.45) is 4.99. The topological polar surface area (TPSA) is 85.8 Å². The maximum absolute atomic E-state index is 12.0. The molecule has 19 heavy (non-hydrogen) atoms. The summed E-state index contributed by atoms with van der Waals surface area (Å²) in [6.45, 7) is 2.07. The molecule has 0 saturated heterocycles. The van der Waals surface area contributed by atoms with Crippen molar-refractivity contribution >= 4 is 22.4 Å². The van der Waals surface area contributed by atoms with E-state index in [1.54, 1.807) is 36.3 Å². The van der Waals surface area contributed by atoms with Gasteiger partial charge in [-0.25, -0.2) is 4.98 Å². The molecule has 3 N–H and O–H groups in total. The van der Waals surface area contributed by atoms with Crippen LogP contribution in [0.5, 0.6) is 0 Å². The molecule has 2 aromatic heterocycles. The molecular formula is C12H13N5OS. The number of nitrogens with zero attached hydrogens (tertiary/aromatic N) is 3. The molecule has 98 valence electrons. The van der Waals surface area contributed by atoms with Gasteiger partial charge in [0.2, 0.25) is 0 Å². The lowest BCUT2D eigenvalue weighted by atomic mass is 10.3. The second-order valence-electron chi connectivity index (χ2n) is 3.69. The monoisotopic (exact) mass is 275 g/mol. The van der Waals surface area contributed by atoms with Gasteiger partial charge in [-0.2, -0.15) is 5.10 Å². The largest absolute Gasteiger partial charge is 0.320 e. The number of hydrogen-bond donors (Lipinski definition) is 2. The minimum Gasteiger partial charge on any atom is -0.320 e. The van der Waals surface area contributed by atoms with E-state index < -0.39 is 6.04 Å². The minimum atomic E-state index is -0.391. The highest BCUT2D eigenvalue weighted by Gasteiger charge is 2.16. The first-order chi connectivity index (χ1) is 9.20. The van der Waals surface area contributed by atoms with Crippen molar-refractivity contribution in [3.05, 3.63) is 29.5 Å². The molecule has 1 atom stereocenters. The molecule has 0 saturated carbocycles. The van der Waals surface area contributed by atoms with Crippen LogP contribution in [-0.4, -0.2) is 27.2 Å². The SMILES string of the molecule is CC(C(=O)Nc1ncc(C#CCN)s1)n1cccn1. The van der Waals surface area contributed by atoms with E-state index in [2.05, 4.69) is 27.2 Å². The van der Waals surface area contributed by atoms with Crippen molar-refractivity contribution in [1.82, 2.24) is 14.8 Å². The maximum Gasteiger partial charge on any atom is 0.250 e. The third kappa shape index (κ3) is 3.40. The molecule has 1 unspecified atom stereocenters. The number of amides is 1. The van der Waals surface area contributed by atoms with Gasteiger partial charge < -0.3 is 11.1 Å². The summed E-state index contributed by atoms with van der Waals surface area (Å²) in [5, 5.41) is 7.28. The molecule has 2 heterocycles. The second-order valence-corrected chi connectivity index (χ2v) is 4.72. The van der Waals surface area contributed by atoms with Crippen LogP contribution < -0.4 is 11.1 Å².